The number of fused-ring (bicyclic) bond motifs is 2. The Hall–Kier alpha value is -3.65. The van der Waals surface area contributed by atoms with Gasteiger partial charge in [0.15, 0.2) is 0 Å². The second-order valence-electron chi connectivity index (χ2n) is 7.84. The zero-order chi connectivity index (χ0) is 22.1. The van der Waals surface area contributed by atoms with Crippen molar-refractivity contribution in [1.82, 2.24) is 23.7 Å². The Morgan fingerprint density at radius 2 is 1.69 bits per heavy atom. The van der Waals surface area contributed by atoms with E-state index in [9.17, 15) is 4.79 Å². The lowest BCUT2D eigenvalue weighted by atomic mass is 10.1. The van der Waals surface area contributed by atoms with Crippen molar-refractivity contribution >= 4 is 45.4 Å². The summed E-state index contributed by atoms with van der Waals surface area (Å²) in [6, 6.07) is 17.5. The molecule has 0 saturated heterocycles. The molecular formula is C24H22N6OS. The highest BCUT2D eigenvalue weighted by Crippen LogP contribution is 2.23. The smallest absolute Gasteiger partial charge is 0.255 e. The van der Waals surface area contributed by atoms with Crippen molar-refractivity contribution in [2.75, 3.05) is 5.32 Å². The first kappa shape index (κ1) is 20.3. The first-order chi connectivity index (χ1) is 15.6. The number of aromatic nitrogens is 5. The van der Waals surface area contributed by atoms with Gasteiger partial charge in [-0.3, -0.25) is 4.79 Å². The Balaban J connectivity index is 1.40. The molecule has 0 radical (unpaired) electrons. The summed E-state index contributed by atoms with van der Waals surface area (Å²) in [5.74, 6) is -0.197. The molecule has 160 valence electrons. The largest absolute Gasteiger partial charge is 0.322 e. The van der Waals surface area contributed by atoms with Crippen molar-refractivity contribution in [3.63, 3.8) is 0 Å². The van der Waals surface area contributed by atoms with E-state index in [1.54, 1.807) is 16.9 Å². The van der Waals surface area contributed by atoms with Crippen LogP contribution in [0.2, 0.25) is 0 Å². The number of aryl methyl sites for hydroxylation is 2. The minimum Gasteiger partial charge on any atom is -0.322 e. The van der Waals surface area contributed by atoms with Crippen LogP contribution in [-0.4, -0.2) is 29.6 Å². The van der Waals surface area contributed by atoms with Crippen LogP contribution in [0, 0.1) is 6.92 Å². The number of benzene rings is 3. The maximum Gasteiger partial charge on any atom is 0.255 e. The van der Waals surface area contributed by atoms with Gasteiger partial charge in [0.2, 0.25) is 0 Å². The summed E-state index contributed by atoms with van der Waals surface area (Å²) in [7, 11) is 0. The van der Waals surface area contributed by atoms with Crippen molar-refractivity contribution in [2.24, 2.45) is 0 Å². The zero-order valence-corrected chi connectivity index (χ0v) is 18.7. The lowest BCUT2D eigenvalue weighted by Crippen LogP contribution is -2.12. The maximum absolute atomic E-state index is 12.8. The van der Waals surface area contributed by atoms with Gasteiger partial charge >= 0.3 is 0 Å². The van der Waals surface area contributed by atoms with Crippen LogP contribution < -0.4 is 5.32 Å². The molecule has 0 bridgehead atoms. The molecule has 7 nitrogen and oxygen atoms in total. The number of hydrogen-bond donors (Lipinski definition) is 1. The minimum atomic E-state index is -0.197. The molecule has 32 heavy (non-hydrogen) atoms. The SMILES string of the molecule is CCCCc1ccc(-n2nc3cc(C)c(NC(=O)c4ccc5nsnc5c4)cc3n2)cc1. The summed E-state index contributed by atoms with van der Waals surface area (Å²) in [4.78, 5) is 14.4. The Labute approximate surface area is 189 Å². The molecule has 2 heterocycles. The third kappa shape index (κ3) is 3.97. The number of nitrogens with one attached hydrogen (secondary N) is 1. The highest BCUT2D eigenvalue weighted by molar-refractivity contribution is 7.00. The van der Waals surface area contributed by atoms with Crippen LogP contribution in [0.1, 0.15) is 41.3 Å². The van der Waals surface area contributed by atoms with Gasteiger partial charge in [0.1, 0.15) is 22.1 Å². The number of amides is 1. The van der Waals surface area contributed by atoms with Gasteiger partial charge in [-0.05, 0) is 73.4 Å². The predicted octanol–water partition coefficient (Wildman–Crippen LogP) is 5.33. The van der Waals surface area contributed by atoms with E-state index >= 15 is 0 Å². The van der Waals surface area contributed by atoms with E-state index < -0.39 is 0 Å². The van der Waals surface area contributed by atoms with E-state index in [1.165, 1.54) is 18.4 Å². The van der Waals surface area contributed by atoms with Crippen LogP contribution in [0.3, 0.4) is 0 Å². The summed E-state index contributed by atoms with van der Waals surface area (Å²) in [6.45, 7) is 4.15. The van der Waals surface area contributed by atoms with Crippen molar-refractivity contribution in [3.8, 4) is 5.69 Å². The number of nitrogens with zero attached hydrogens (tertiary/aromatic N) is 5. The van der Waals surface area contributed by atoms with Gasteiger partial charge in [-0.25, -0.2) is 0 Å². The fourth-order valence-electron chi connectivity index (χ4n) is 3.61. The van der Waals surface area contributed by atoms with Gasteiger partial charge < -0.3 is 5.32 Å². The van der Waals surface area contributed by atoms with Crippen molar-refractivity contribution in [2.45, 2.75) is 33.1 Å². The van der Waals surface area contributed by atoms with E-state index in [2.05, 4.69) is 43.3 Å². The highest BCUT2D eigenvalue weighted by atomic mass is 32.1. The monoisotopic (exact) mass is 442 g/mol. The Kier molecular flexibility index (Phi) is 5.36. The normalized spacial score (nSPS) is 11.3. The van der Waals surface area contributed by atoms with Crippen LogP contribution in [0.5, 0.6) is 0 Å². The Bertz CT molecular complexity index is 1420. The van der Waals surface area contributed by atoms with Gasteiger partial charge in [-0.15, -0.1) is 10.2 Å². The van der Waals surface area contributed by atoms with E-state index in [1.807, 2.05) is 37.3 Å². The third-order valence-corrected chi connectivity index (χ3v) is 6.03. The number of rotatable bonds is 6. The molecule has 0 spiro atoms. The van der Waals surface area contributed by atoms with E-state index in [4.69, 9.17) is 0 Å². The fourth-order valence-corrected chi connectivity index (χ4v) is 4.13. The molecule has 0 aliphatic carbocycles. The molecule has 0 aliphatic heterocycles. The quantitative estimate of drug-likeness (QED) is 0.384. The van der Waals surface area contributed by atoms with Gasteiger partial charge in [-0.1, -0.05) is 25.5 Å². The standard InChI is InChI=1S/C24H22N6OS/c1-3-4-5-16-6-9-18(10-7-16)30-26-21-12-15(2)20(14-22(21)27-30)25-24(31)17-8-11-19-23(13-17)29-32-28-19/h6-14H,3-5H2,1-2H3,(H,25,31). The van der Waals surface area contributed by atoms with Gasteiger partial charge in [-0.2, -0.15) is 13.5 Å². The summed E-state index contributed by atoms with van der Waals surface area (Å²) in [6.07, 6.45) is 3.45. The molecule has 2 aromatic heterocycles. The van der Waals surface area contributed by atoms with Crippen LogP contribution in [0.15, 0.2) is 54.6 Å². The highest BCUT2D eigenvalue weighted by Gasteiger charge is 2.13. The second-order valence-corrected chi connectivity index (χ2v) is 8.37. The molecule has 8 heteroatoms. The second kappa shape index (κ2) is 8.47. The third-order valence-electron chi connectivity index (χ3n) is 5.48. The van der Waals surface area contributed by atoms with Crippen LogP contribution >= 0.6 is 11.7 Å². The average molecular weight is 443 g/mol. The van der Waals surface area contributed by atoms with Gasteiger partial charge in [0, 0.05) is 11.3 Å². The lowest BCUT2D eigenvalue weighted by molar-refractivity contribution is 0.102. The number of carbonyl (C=O) groups excluding carboxylic acids is 1. The molecule has 1 amide bonds. The lowest BCUT2D eigenvalue weighted by Gasteiger charge is -2.08. The zero-order valence-electron chi connectivity index (χ0n) is 17.9. The number of unbranched alkanes of at least 4 members (excludes halogenated alkanes) is 1. The maximum atomic E-state index is 12.8. The molecule has 1 N–H and O–H groups in total. The Morgan fingerprint density at radius 1 is 0.938 bits per heavy atom. The minimum absolute atomic E-state index is 0.197. The first-order valence-corrected chi connectivity index (χ1v) is 11.3. The van der Waals surface area contributed by atoms with E-state index in [-0.39, 0.29) is 5.91 Å². The summed E-state index contributed by atoms with van der Waals surface area (Å²) < 4.78 is 8.39. The van der Waals surface area contributed by atoms with Crippen molar-refractivity contribution in [1.29, 1.82) is 0 Å². The van der Waals surface area contributed by atoms with Crippen LogP contribution in [-0.2, 0) is 6.42 Å². The van der Waals surface area contributed by atoms with Crippen molar-refractivity contribution < 1.29 is 4.79 Å². The molecule has 0 saturated carbocycles. The van der Waals surface area contributed by atoms with Crippen LogP contribution in [0.25, 0.3) is 27.8 Å². The van der Waals surface area contributed by atoms with Gasteiger partial charge in [0.25, 0.3) is 5.91 Å². The molecule has 0 unspecified atom stereocenters. The molecule has 0 aliphatic rings. The molecule has 0 atom stereocenters. The summed E-state index contributed by atoms with van der Waals surface area (Å²) >= 11 is 1.14. The van der Waals surface area contributed by atoms with Gasteiger partial charge in [0.05, 0.1) is 17.4 Å². The number of anilines is 1. The molecule has 3 aromatic carbocycles. The number of carbonyl (C=O) groups is 1. The molecule has 0 fully saturated rings. The van der Waals surface area contributed by atoms with E-state index in [0.29, 0.717) is 11.3 Å². The van der Waals surface area contributed by atoms with Crippen molar-refractivity contribution in [3.05, 3.63) is 71.3 Å². The summed E-state index contributed by atoms with van der Waals surface area (Å²) in [5.41, 5.74) is 7.42. The molecule has 5 rings (SSSR count). The summed E-state index contributed by atoms with van der Waals surface area (Å²) in [5, 5.41) is 12.2. The molecular weight excluding hydrogens is 420 g/mol. The first-order valence-electron chi connectivity index (χ1n) is 10.6. The number of hydrogen-bond acceptors (Lipinski definition) is 6. The predicted molar refractivity (Wildman–Crippen MR) is 128 cm³/mol. The fraction of sp³-hybridized carbons (Fsp3) is 0.208. The Morgan fingerprint density at radius 3 is 2.47 bits per heavy atom. The van der Waals surface area contributed by atoms with Crippen LogP contribution in [0.4, 0.5) is 5.69 Å². The van der Waals surface area contributed by atoms with E-state index in [0.717, 1.165) is 51.5 Å². The topological polar surface area (TPSA) is 85.6 Å². The average Bonchev–Trinajstić information content (AvgIpc) is 3.44. The molecule has 5 aromatic rings.